The van der Waals surface area contributed by atoms with Crippen LogP contribution < -0.4 is 10.4 Å². The van der Waals surface area contributed by atoms with E-state index in [0.717, 1.165) is 0 Å². The molecule has 0 saturated carbocycles. The van der Waals surface area contributed by atoms with Gasteiger partial charge in [0.1, 0.15) is 0 Å². The van der Waals surface area contributed by atoms with Crippen LogP contribution in [-0.2, 0) is 0 Å². The van der Waals surface area contributed by atoms with Crippen molar-refractivity contribution < 1.29 is 24.2 Å². The van der Waals surface area contributed by atoms with Crippen LogP contribution in [0.4, 0.5) is 5.69 Å². The second-order valence-corrected chi connectivity index (χ2v) is 3.42. The number of amides is 1. The lowest BCUT2D eigenvalue weighted by atomic mass is 10.1. The molecule has 0 unspecified atom stereocenters. The topological polar surface area (TPSA) is 103 Å². The normalized spacial score (nSPS) is 10.0. The van der Waals surface area contributed by atoms with Gasteiger partial charge in [0.05, 0.1) is 11.8 Å². The van der Waals surface area contributed by atoms with E-state index in [0.29, 0.717) is 0 Å². The maximum Gasteiger partial charge on any atom is 0.335 e. The molecule has 6 nitrogen and oxygen atoms in total. The van der Waals surface area contributed by atoms with Gasteiger partial charge in [0.25, 0.3) is 5.91 Å². The van der Waals surface area contributed by atoms with Gasteiger partial charge in [-0.25, -0.2) is 4.79 Å². The van der Waals surface area contributed by atoms with Crippen molar-refractivity contribution in [2.24, 2.45) is 0 Å². The van der Waals surface area contributed by atoms with Crippen molar-refractivity contribution in [2.75, 3.05) is 5.32 Å². The Balaban J connectivity index is 2.27. The first-order valence-electron chi connectivity index (χ1n) is 4.98. The minimum absolute atomic E-state index is 0.0372. The van der Waals surface area contributed by atoms with E-state index in [1.165, 1.54) is 36.6 Å². The van der Waals surface area contributed by atoms with Crippen molar-refractivity contribution in [3.63, 3.8) is 0 Å². The fourth-order valence-electron chi connectivity index (χ4n) is 1.40. The van der Waals surface area contributed by atoms with Gasteiger partial charge in [0.15, 0.2) is 5.76 Å². The van der Waals surface area contributed by atoms with Crippen molar-refractivity contribution in [1.82, 2.24) is 0 Å². The van der Waals surface area contributed by atoms with Crippen molar-refractivity contribution in [3.8, 4) is 5.75 Å². The van der Waals surface area contributed by atoms with E-state index in [9.17, 15) is 14.7 Å². The van der Waals surface area contributed by atoms with Crippen molar-refractivity contribution in [3.05, 3.63) is 47.9 Å². The predicted octanol–water partition coefficient (Wildman–Crippen LogP) is 1.30. The van der Waals surface area contributed by atoms with Crippen LogP contribution in [-0.4, -0.2) is 17.0 Å². The van der Waals surface area contributed by atoms with Gasteiger partial charge in [0, 0.05) is 5.69 Å². The highest BCUT2D eigenvalue weighted by Gasteiger charge is 2.11. The average molecular weight is 246 g/mol. The van der Waals surface area contributed by atoms with Crippen molar-refractivity contribution in [2.45, 2.75) is 0 Å². The summed E-state index contributed by atoms with van der Waals surface area (Å²) in [4.78, 5) is 22.4. The summed E-state index contributed by atoms with van der Waals surface area (Å²) in [7, 11) is 0. The smallest absolute Gasteiger partial charge is 0.335 e. The molecule has 92 valence electrons. The Kier molecular flexibility index (Phi) is 3.01. The highest BCUT2D eigenvalue weighted by atomic mass is 16.4. The van der Waals surface area contributed by atoms with E-state index in [2.05, 4.69) is 5.32 Å². The second-order valence-electron chi connectivity index (χ2n) is 3.42. The number of furan rings is 1. The van der Waals surface area contributed by atoms with E-state index in [1.807, 2.05) is 0 Å². The van der Waals surface area contributed by atoms with Gasteiger partial charge in [-0.3, -0.25) is 4.79 Å². The molecule has 0 fully saturated rings. The first kappa shape index (κ1) is 11.7. The van der Waals surface area contributed by atoms with Crippen LogP contribution >= 0.6 is 0 Å². The largest absolute Gasteiger partial charge is 0.870 e. The lowest BCUT2D eigenvalue weighted by Gasteiger charge is -2.16. The number of rotatable bonds is 3. The monoisotopic (exact) mass is 246 g/mol. The first-order valence-corrected chi connectivity index (χ1v) is 4.98. The lowest BCUT2D eigenvalue weighted by molar-refractivity contribution is -0.267. The zero-order valence-corrected chi connectivity index (χ0v) is 9.04. The number of anilines is 1. The molecule has 2 aromatic rings. The third-order valence-corrected chi connectivity index (χ3v) is 2.24. The molecule has 1 aromatic carbocycles. The molecule has 0 radical (unpaired) electrons. The summed E-state index contributed by atoms with van der Waals surface area (Å²) in [6, 6.07) is 6.84. The van der Waals surface area contributed by atoms with Crippen LogP contribution in [0.2, 0.25) is 0 Å². The number of hydrogen-bond donors (Lipinski definition) is 2. The molecule has 2 rings (SSSR count). The summed E-state index contributed by atoms with van der Waals surface area (Å²) in [5.41, 5.74) is -0.497. The van der Waals surface area contributed by atoms with Gasteiger partial charge < -0.3 is 19.9 Å². The van der Waals surface area contributed by atoms with Gasteiger partial charge in [0.2, 0.25) is 0 Å². The number of carbonyl (C=O) groups is 2. The van der Waals surface area contributed by atoms with E-state index >= 15 is 0 Å². The summed E-state index contributed by atoms with van der Waals surface area (Å²) in [5.74, 6) is -2.66. The van der Waals surface area contributed by atoms with Gasteiger partial charge in [-0.2, -0.15) is 0 Å². The van der Waals surface area contributed by atoms with Gasteiger partial charge in [-0.1, -0.05) is 11.8 Å². The maximum absolute atomic E-state index is 11.7. The number of hydrogen-bond acceptors (Lipinski definition) is 4. The molecule has 0 spiro atoms. The molecule has 0 aliphatic heterocycles. The molecule has 1 amide bonds. The molecule has 0 saturated heterocycles. The molecular weight excluding hydrogens is 238 g/mol. The number of carboxylic acid groups (broad SMARTS) is 1. The zero-order chi connectivity index (χ0) is 13.1. The first-order chi connectivity index (χ1) is 8.59. The average Bonchev–Trinajstić information content (AvgIpc) is 2.85. The molecule has 1 aromatic heterocycles. The Bertz CT molecular complexity index is 589. The van der Waals surface area contributed by atoms with E-state index in [1.54, 1.807) is 0 Å². The Hall–Kier alpha value is -2.76. The summed E-state index contributed by atoms with van der Waals surface area (Å²) >= 11 is 0. The fraction of sp³-hybridized carbons (Fsp3) is 0. The SMILES string of the molecule is O=C(Nc1cccc(C(=O)O)c1[O-])c1ccco1. The molecular formula is C12H8NO5-. The van der Waals surface area contributed by atoms with Crippen LogP contribution in [0.25, 0.3) is 0 Å². The molecule has 2 N–H and O–H groups in total. The number of aromatic carboxylic acids is 1. The fourth-order valence-corrected chi connectivity index (χ4v) is 1.40. The van der Waals surface area contributed by atoms with Gasteiger partial charge in [-0.15, -0.1) is 0 Å². The molecule has 0 aliphatic carbocycles. The molecule has 0 aliphatic rings. The Morgan fingerprint density at radius 2 is 2.00 bits per heavy atom. The molecule has 1 heterocycles. The minimum atomic E-state index is -1.34. The Morgan fingerprint density at radius 3 is 2.61 bits per heavy atom. The third kappa shape index (κ3) is 2.17. The number of carboxylic acids is 1. The summed E-state index contributed by atoms with van der Waals surface area (Å²) < 4.78 is 4.85. The van der Waals surface area contributed by atoms with E-state index < -0.39 is 23.2 Å². The van der Waals surface area contributed by atoms with Crippen LogP contribution in [0.3, 0.4) is 0 Å². The quantitative estimate of drug-likeness (QED) is 0.849. The number of benzene rings is 1. The summed E-state index contributed by atoms with van der Waals surface area (Å²) in [6.45, 7) is 0. The standard InChI is InChI=1S/C12H9NO5/c14-10-7(12(16)17)3-1-4-8(10)13-11(15)9-5-2-6-18-9/h1-6,14H,(H,13,15)(H,16,17)/p-1. The van der Waals surface area contributed by atoms with Gasteiger partial charge >= 0.3 is 5.97 Å². The van der Waals surface area contributed by atoms with Crippen molar-refractivity contribution >= 4 is 17.6 Å². The highest BCUT2D eigenvalue weighted by Crippen LogP contribution is 2.25. The number of para-hydroxylation sites is 1. The highest BCUT2D eigenvalue weighted by molar-refractivity contribution is 6.04. The zero-order valence-electron chi connectivity index (χ0n) is 9.04. The van der Waals surface area contributed by atoms with Crippen LogP contribution in [0.1, 0.15) is 20.9 Å². The second kappa shape index (κ2) is 4.62. The molecule has 6 heteroatoms. The van der Waals surface area contributed by atoms with Crippen LogP contribution in [0.5, 0.6) is 5.75 Å². The van der Waals surface area contributed by atoms with E-state index in [-0.39, 0.29) is 11.4 Å². The maximum atomic E-state index is 11.7. The minimum Gasteiger partial charge on any atom is -0.870 e. The summed E-state index contributed by atoms with van der Waals surface area (Å²) in [5, 5.41) is 22.8. The number of nitrogens with one attached hydrogen (secondary N) is 1. The van der Waals surface area contributed by atoms with Crippen LogP contribution in [0, 0.1) is 0 Å². The van der Waals surface area contributed by atoms with E-state index in [4.69, 9.17) is 9.52 Å². The lowest BCUT2D eigenvalue weighted by Crippen LogP contribution is -2.14. The Labute approximate surface area is 101 Å². The van der Waals surface area contributed by atoms with Crippen molar-refractivity contribution in [1.29, 1.82) is 0 Å². The predicted molar refractivity (Wildman–Crippen MR) is 59.5 cm³/mol. The third-order valence-electron chi connectivity index (χ3n) is 2.24. The molecule has 0 atom stereocenters. The summed E-state index contributed by atoms with van der Waals surface area (Å²) in [6.07, 6.45) is 1.32. The molecule has 0 bridgehead atoms. The Morgan fingerprint density at radius 1 is 1.22 bits per heavy atom. The number of carbonyl (C=O) groups excluding carboxylic acids is 1. The molecule has 18 heavy (non-hydrogen) atoms. The van der Waals surface area contributed by atoms with Gasteiger partial charge in [-0.05, 0) is 24.3 Å². The van der Waals surface area contributed by atoms with Crippen LogP contribution in [0.15, 0.2) is 41.0 Å².